The monoisotopic (exact) mass is 343 g/mol. The lowest BCUT2D eigenvalue weighted by Crippen LogP contribution is -2.41. The summed E-state index contributed by atoms with van der Waals surface area (Å²) >= 11 is 5.98. The Morgan fingerprint density at radius 3 is 2.75 bits per heavy atom. The first-order valence-electron chi connectivity index (χ1n) is 7.31. The lowest BCUT2D eigenvalue weighted by molar-refractivity contribution is 0.578. The van der Waals surface area contributed by atoms with Crippen molar-refractivity contribution < 1.29 is 0 Å². The maximum atomic E-state index is 12.4. The van der Waals surface area contributed by atoms with Crippen LogP contribution in [0.4, 0.5) is 0 Å². The molecule has 0 saturated carbocycles. The molecular formula is C16H14ClN5O2. The Bertz CT molecular complexity index is 1100. The van der Waals surface area contributed by atoms with Crippen molar-refractivity contribution in [1.29, 1.82) is 5.26 Å². The van der Waals surface area contributed by atoms with Gasteiger partial charge in [0.05, 0.1) is 17.6 Å². The zero-order valence-corrected chi connectivity index (χ0v) is 13.9. The van der Waals surface area contributed by atoms with Crippen LogP contribution in [0.1, 0.15) is 18.3 Å². The van der Waals surface area contributed by atoms with Crippen LogP contribution >= 0.6 is 11.6 Å². The summed E-state index contributed by atoms with van der Waals surface area (Å²) < 4.78 is 4.16. The molecule has 0 fully saturated rings. The molecule has 3 rings (SSSR count). The Morgan fingerprint density at radius 1 is 1.33 bits per heavy atom. The van der Waals surface area contributed by atoms with Crippen molar-refractivity contribution in [3.05, 3.63) is 61.6 Å². The van der Waals surface area contributed by atoms with Crippen molar-refractivity contribution in [2.24, 2.45) is 7.05 Å². The van der Waals surface area contributed by atoms with E-state index in [0.29, 0.717) is 22.9 Å². The molecule has 0 saturated heterocycles. The molecule has 0 N–H and O–H groups in total. The van der Waals surface area contributed by atoms with Crippen LogP contribution in [0.15, 0.2) is 34.0 Å². The number of hydrogen-bond acceptors (Lipinski definition) is 4. The first-order chi connectivity index (χ1) is 11.5. The van der Waals surface area contributed by atoms with Gasteiger partial charge in [0.1, 0.15) is 17.5 Å². The lowest BCUT2D eigenvalue weighted by atomic mass is 10.3. The van der Waals surface area contributed by atoms with Crippen molar-refractivity contribution in [2.75, 3.05) is 0 Å². The maximum absolute atomic E-state index is 12.4. The molecule has 0 atom stereocenters. The Kier molecular flexibility index (Phi) is 3.99. The molecule has 0 unspecified atom stereocenters. The standard InChI is InChI=1S/C16H14ClN5O2/c1-3-21-8-10(7-18)15(23)22(16(21)24)9-14-19-12-6-11(17)4-5-13(12)20(14)2/h4-6,8H,3,9H2,1-2H3. The van der Waals surface area contributed by atoms with Gasteiger partial charge in [0, 0.05) is 24.8 Å². The SMILES string of the molecule is CCn1cc(C#N)c(=O)n(Cc2nc3cc(Cl)ccc3n2C)c1=O. The molecular weight excluding hydrogens is 330 g/mol. The maximum Gasteiger partial charge on any atom is 0.331 e. The molecule has 0 aliphatic carbocycles. The third kappa shape index (κ3) is 2.51. The molecule has 2 aromatic heterocycles. The fourth-order valence-corrected chi connectivity index (χ4v) is 2.77. The van der Waals surface area contributed by atoms with E-state index in [-0.39, 0.29) is 12.1 Å². The molecule has 0 bridgehead atoms. The third-order valence-electron chi connectivity index (χ3n) is 3.93. The van der Waals surface area contributed by atoms with Gasteiger partial charge < -0.3 is 4.57 Å². The summed E-state index contributed by atoms with van der Waals surface area (Å²) in [5.41, 5.74) is 0.372. The second-order valence-electron chi connectivity index (χ2n) is 5.33. The van der Waals surface area contributed by atoms with Crippen molar-refractivity contribution in [3.8, 4) is 6.07 Å². The van der Waals surface area contributed by atoms with Gasteiger partial charge in [0.25, 0.3) is 5.56 Å². The molecule has 0 spiro atoms. The highest BCUT2D eigenvalue weighted by Crippen LogP contribution is 2.19. The summed E-state index contributed by atoms with van der Waals surface area (Å²) in [6.45, 7) is 2.12. The first kappa shape index (κ1) is 16.0. The largest absolute Gasteiger partial charge is 0.331 e. The van der Waals surface area contributed by atoms with Gasteiger partial charge in [-0.05, 0) is 25.1 Å². The molecule has 0 radical (unpaired) electrons. The van der Waals surface area contributed by atoms with Gasteiger partial charge in [-0.2, -0.15) is 5.26 Å². The normalized spacial score (nSPS) is 10.9. The quantitative estimate of drug-likeness (QED) is 0.721. The summed E-state index contributed by atoms with van der Waals surface area (Å²) in [7, 11) is 1.80. The summed E-state index contributed by atoms with van der Waals surface area (Å²) in [6, 6.07) is 7.13. The van der Waals surface area contributed by atoms with Gasteiger partial charge in [-0.15, -0.1) is 0 Å². The molecule has 24 heavy (non-hydrogen) atoms. The molecule has 1 aromatic carbocycles. The summed E-state index contributed by atoms with van der Waals surface area (Å²) in [6.07, 6.45) is 1.29. The summed E-state index contributed by atoms with van der Waals surface area (Å²) in [5, 5.41) is 9.66. The van der Waals surface area contributed by atoms with Gasteiger partial charge in [-0.25, -0.2) is 9.78 Å². The number of hydrogen-bond donors (Lipinski definition) is 0. The minimum absolute atomic E-state index is 0.0179. The number of imidazole rings is 1. The number of fused-ring (bicyclic) bond motifs is 1. The van der Waals surface area contributed by atoms with Crippen LogP contribution in [0, 0.1) is 11.3 Å². The van der Waals surface area contributed by atoms with E-state index in [1.54, 1.807) is 30.7 Å². The van der Waals surface area contributed by atoms with Crippen LogP contribution in [0.3, 0.4) is 0 Å². The van der Waals surface area contributed by atoms with E-state index in [9.17, 15) is 9.59 Å². The van der Waals surface area contributed by atoms with Crippen molar-refractivity contribution in [3.63, 3.8) is 0 Å². The molecule has 122 valence electrons. The van der Waals surface area contributed by atoms with Gasteiger partial charge in [-0.1, -0.05) is 11.6 Å². The topological polar surface area (TPSA) is 85.6 Å². The summed E-state index contributed by atoms with van der Waals surface area (Å²) in [4.78, 5) is 29.2. The lowest BCUT2D eigenvalue weighted by Gasteiger charge is -2.09. The molecule has 2 heterocycles. The number of benzene rings is 1. The van der Waals surface area contributed by atoms with E-state index >= 15 is 0 Å². The molecule has 8 heteroatoms. The van der Waals surface area contributed by atoms with E-state index in [1.807, 2.05) is 12.1 Å². The minimum atomic E-state index is -0.614. The summed E-state index contributed by atoms with van der Waals surface area (Å²) in [5.74, 6) is 0.532. The predicted molar refractivity (Wildman–Crippen MR) is 90.2 cm³/mol. The molecule has 0 aliphatic rings. The number of nitrogens with zero attached hydrogens (tertiary/aromatic N) is 5. The second-order valence-corrected chi connectivity index (χ2v) is 5.77. The highest BCUT2D eigenvalue weighted by Gasteiger charge is 2.15. The van der Waals surface area contributed by atoms with Crippen LogP contribution in [-0.2, 0) is 20.1 Å². The van der Waals surface area contributed by atoms with E-state index < -0.39 is 11.2 Å². The zero-order valence-electron chi connectivity index (χ0n) is 13.2. The van der Waals surface area contributed by atoms with Crippen molar-refractivity contribution >= 4 is 22.6 Å². The number of rotatable bonds is 3. The van der Waals surface area contributed by atoms with E-state index in [1.165, 1.54) is 10.8 Å². The van der Waals surface area contributed by atoms with Gasteiger partial charge >= 0.3 is 5.69 Å². The Morgan fingerprint density at radius 2 is 2.08 bits per heavy atom. The number of aromatic nitrogens is 4. The number of nitriles is 1. The highest BCUT2D eigenvalue weighted by atomic mass is 35.5. The van der Waals surface area contributed by atoms with Crippen LogP contribution < -0.4 is 11.2 Å². The van der Waals surface area contributed by atoms with Crippen LogP contribution in [0.25, 0.3) is 11.0 Å². The zero-order chi connectivity index (χ0) is 17.4. The molecule has 7 nitrogen and oxygen atoms in total. The van der Waals surface area contributed by atoms with Crippen LogP contribution in [0.2, 0.25) is 5.02 Å². The molecule has 3 aromatic rings. The number of aryl methyl sites for hydroxylation is 2. The smallest absolute Gasteiger partial charge is 0.330 e. The van der Waals surface area contributed by atoms with Gasteiger partial charge in [0.15, 0.2) is 0 Å². The van der Waals surface area contributed by atoms with Crippen LogP contribution in [-0.4, -0.2) is 18.7 Å². The average molecular weight is 344 g/mol. The molecule has 0 aliphatic heterocycles. The van der Waals surface area contributed by atoms with Gasteiger partial charge in [0.2, 0.25) is 0 Å². The Hall–Kier alpha value is -2.85. The predicted octanol–water partition coefficient (Wildman–Crippen LogP) is 1.49. The van der Waals surface area contributed by atoms with Gasteiger partial charge in [-0.3, -0.25) is 13.9 Å². The van der Waals surface area contributed by atoms with E-state index in [2.05, 4.69) is 4.98 Å². The average Bonchev–Trinajstić information content (AvgIpc) is 2.87. The minimum Gasteiger partial charge on any atom is -0.330 e. The molecule has 0 amide bonds. The number of halogens is 1. The van der Waals surface area contributed by atoms with Crippen molar-refractivity contribution in [2.45, 2.75) is 20.0 Å². The fraction of sp³-hybridized carbons (Fsp3) is 0.250. The van der Waals surface area contributed by atoms with E-state index in [0.717, 1.165) is 10.1 Å². The Balaban J connectivity index is 2.19. The first-order valence-corrected chi connectivity index (χ1v) is 7.69. The fourth-order valence-electron chi connectivity index (χ4n) is 2.60. The van der Waals surface area contributed by atoms with Crippen molar-refractivity contribution in [1.82, 2.24) is 18.7 Å². The van der Waals surface area contributed by atoms with E-state index in [4.69, 9.17) is 16.9 Å². The Labute approximate surface area is 142 Å². The van der Waals surface area contributed by atoms with Crippen LogP contribution in [0.5, 0.6) is 0 Å². The third-order valence-corrected chi connectivity index (χ3v) is 4.17. The highest BCUT2D eigenvalue weighted by molar-refractivity contribution is 6.31. The second kappa shape index (κ2) is 5.98.